The molecule has 0 aromatic carbocycles. The molecular weight excluding hydrogens is 258 g/mol. The van der Waals surface area contributed by atoms with Gasteiger partial charge >= 0.3 is 0 Å². The predicted molar refractivity (Wildman–Crippen MR) is 58.8 cm³/mol. The van der Waals surface area contributed by atoms with E-state index in [4.69, 9.17) is 0 Å². The van der Waals surface area contributed by atoms with Crippen LogP contribution in [0.15, 0.2) is 4.34 Å². The van der Waals surface area contributed by atoms with E-state index in [9.17, 15) is 0 Å². The first-order chi connectivity index (χ1) is 5.74. The average Bonchev–Trinajstić information content (AvgIpc) is 2.48. The summed E-state index contributed by atoms with van der Waals surface area (Å²) in [5.74, 6) is 1.04. The maximum Gasteiger partial charge on any atom is 0.208 e. The monoisotopic (exact) mass is 267 g/mol. The fraction of sp³-hybridized carbons (Fsp3) is 0.667. The van der Waals surface area contributed by atoms with Gasteiger partial charge in [-0.05, 0) is 0 Å². The van der Waals surface area contributed by atoms with Crippen molar-refractivity contribution in [2.24, 2.45) is 0 Å². The van der Waals surface area contributed by atoms with Crippen molar-refractivity contribution in [3.63, 3.8) is 0 Å². The lowest BCUT2D eigenvalue weighted by Gasteiger charge is -2.03. The summed E-state index contributed by atoms with van der Waals surface area (Å²) in [6.07, 6.45) is 0. The molecule has 0 aliphatic heterocycles. The summed E-state index contributed by atoms with van der Waals surface area (Å²) in [6, 6.07) is 0. The number of thioether (sulfide) groups is 1. The third-order valence-corrected chi connectivity index (χ3v) is 4.23. The first kappa shape index (κ1) is 10.3. The number of alkyl halides is 1. The fourth-order valence-electron chi connectivity index (χ4n) is 0.567. The van der Waals surface area contributed by atoms with Crippen LogP contribution in [0.2, 0.25) is 0 Å². The molecule has 3 nitrogen and oxygen atoms in total. The van der Waals surface area contributed by atoms with Gasteiger partial charge in [0.25, 0.3) is 0 Å². The Kier molecular flexibility index (Phi) is 4.31. The van der Waals surface area contributed by atoms with Gasteiger partial charge in [0.1, 0.15) is 0 Å². The second kappa shape index (κ2) is 5.04. The van der Waals surface area contributed by atoms with Crippen LogP contribution >= 0.6 is 39.0 Å². The Hall–Kier alpha value is 0.190. The van der Waals surface area contributed by atoms with Gasteiger partial charge in [-0.15, -0.1) is 10.2 Å². The number of rotatable bonds is 4. The maximum atomic E-state index is 4.04. The zero-order chi connectivity index (χ0) is 8.97. The minimum atomic E-state index is 0.965. The quantitative estimate of drug-likeness (QED) is 0.617. The molecule has 0 spiro atoms. The van der Waals surface area contributed by atoms with Crippen LogP contribution in [0.3, 0.4) is 0 Å². The minimum Gasteiger partial charge on any atom is -0.353 e. The molecule has 0 unspecified atom stereocenters. The molecule has 0 aliphatic carbocycles. The highest BCUT2D eigenvalue weighted by Gasteiger charge is 2.04. The van der Waals surface area contributed by atoms with Gasteiger partial charge in [-0.1, -0.05) is 39.0 Å². The van der Waals surface area contributed by atoms with E-state index in [1.807, 2.05) is 19.0 Å². The van der Waals surface area contributed by atoms with E-state index < -0.39 is 0 Å². The maximum absolute atomic E-state index is 4.04. The number of hydrogen-bond donors (Lipinski definition) is 0. The van der Waals surface area contributed by atoms with Crippen molar-refractivity contribution in [1.29, 1.82) is 0 Å². The zero-order valence-electron chi connectivity index (χ0n) is 6.95. The molecule has 0 saturated carbocycles. The Morgan fingerprint density at radius 1 is 1.50 bits per heavy atom. The van der Waals surface area contributed by atoms with E-state index in [-0.39, 0.29) is 0 Å². The molecule has 12 heavy (non-hydrogen) atoms. The molecule has 0 fully saturated rings. The number of anilines is 1. The molecule has 68 valence electrons. The number of nitrogens with zero attached hydrogens (tertiary/aromatic N) is 3. The molecule has 0 atom stereocenters. The third kappa shape index (κ3) is 2.91. The van der Waals surface area contributed by atoms with Gasteiger partial charge in [-0.3, -0.25) is 0 Å². The van der Waals surface area contributed by atoms with Crippen LogP contribution in [-0.2, 0) is 0 Å². The van der Waals surface area contributed by atoms with E-state index in [1.54, 1.807) is 23.1 Å². The van der Waals surface area contributed by atoms with E-state index >= 15 is 0 Å². The number of aromatic nitrogens is 2. The van der Waals surface area contributed by atoms with Crippen LogP contribution in [0, 0.1) is 0 Å². The van der Waals surface area contributed by atoms with Gasteiger partial charge in [0.05, 0.1) is 0 Å². The van der Waals surface area contributed by atoms with Crippen LogP contribution in [0.1, 0.15) is 0 Å². The standard InChI is InChI=1S/C6H10BrN3S2/c1-10(2)5-8-9-6(12-5)11-4-3-7/h3-4H2,1-2H3. The topological polar surface area (TPSA) is 29.0 Å². The third-order valence-electron chi connectivity index (χ3n) is 1.08. The first-order valence-electron chi connectivity index (χ1n) is 3.43. The van der Waals surface area contributed by atoms with Gasteiger partial charge in [-0.25, -0.2) is 0 Å². The number of hydrogen-bond acceptors (Lipinski definition) is 5. The largest absolute Gasteiger partial charge is 0.353 e. The Bertz CT molecular complexity index is 238. The normalized spacial score (nSPS) is 10.2. The second-order valence-corrected chi connectivity index (χ2v) is 5.37. The molecule has 0 saturated heterocycles. The van der Waals surface area contributed by atoms with Crippen molar-refractivity contribution in [3.05, 3.63) is 0 Å². The summed E-state index contributed by atoms with van der Waals surface area (Å²) in [5, 5.41) is 10.0. The summed E-state index contributed by atoms with van der Waals surface area (Å²) in [5.41, 5.74) is 0. The van der Waals surface area contributed by atoms with Crippen molar-refractivity contribution >= 4 is 44.2 Å². The summed E-state index contributed by atoms with van der Waals surface area (Å²) in [6.45, 7) is 0. The summed E-state index contributed by atoms with van der Waals surface area (Å²) in [7, 11) is 3.94. The first-order valence-corrected chi connectivity index (χ1v) is 6.36. The summed E-state index contributed by atoms with van der Waals surface area (Å²) < 4.78 is 1.04. The molecule has 1 rings (SSSR count). The van der Waals surface area contributed by atoms with Crippen LogP contribution in [-0.4, -0.2) is 35.4 Å². The van der Waals surface area contributed by atoms with Crippen LogP contribution in [0.4, 0.5) is 5.13 Å². The van der Waals surface area contributed by atoms with Crippen molar-refractivity contribution in [1.82, 2.24) is 10.2 Å². The second-order valence-electron chi connectivity index (χ2n) is 2.28. The van der Waals surface area contributed by atoms with Gasteiger partial charge in [0.2, 0.25) is 5.13 Å². The van der Waals surface area contributed by atoms with Gasteiger partial charge in [0, 0.05) is 25.2 Å². The van der Waals surface area contributed by atoms with Gasteiger partial charge in [0.15, 0.2) is 4.34 Å². The molecule has 1 aromatic rings. The van der Waals surface area contributed by atoms with Crippen molar-refractivity contribution < 1.29 is 0 Å². The summed E-state index contributed by atoms with van der Waals surface area (Å²) >= 11 is 6.72. The molecule has 0 amide bonds. The Morgan fingerprint density at radius 3 is 2.75 bits per heavy atom. The van der Waals surface area contributed by atoms with E-state index in [0.29, 0.717) is 0 Å². The van der Waals surface area contributed by atoms with Crippen LogP contribution in [0.25, 0.3) is 0 Å². The van der Waals surface area contributed by atoms with E-state index in [0.717, 1.165) is 20.6 Å². The molecule has 0 bridgehead atoms. The molecule has 0 N–H and O–H groups in total. The lowest BCUT2D eigenvalue weighted by molar-refractivity contribution is 0.973. The molecule has 6 heteroatoms. The average molecular weight is 268 g/mol. The molecule has 1 heterocycles. The Morgan fingerprint density at radius 2 is 2.25 bits per heavy atom. The lowest BCUT2D eigenvalue weighted by Crippen LogP contribution is -2.07. The zero-order valence-corrected chi connectivity index (χ0v) is 10.2. The highest BCUT2D eigenvalue weighted by molar-refractivity contribution is 9.09. The van der Waals surface area contributed by atoms with E-state index in [1.165, 1.54) is 0 Å². The highest BCUT2D eigenvalue weighted by Crippen LogP contribution is 2.26. The van der Waals surface area contributed by atoms with Crippen molar-refractivity contribution in [3.8, 4) is 0 Å². The molecule has 0 radical (unpaired) electrons. The van der Waals surface area contributed by atoms with E-state index in [2.05, 4.69) is 26.1 Å². The minimum absolute atomic E-state index is 0.965. The van der Waals surface area contributed by atoms with Crippen molar-refractivity contribution in [2.45, 2.75) is 4.34 Å². The van der Waals surface area contributed by atoms with Gasteiger partial charge < -0.3 is 4.90 Å². The molecular formula is C6H10BrN3S2. The Balaban J connectivity index is 2.52. The molecule has 1 aromatic heterocycles. The predicted octanol–water partition coefficient (Wildman–Crippen LogP) is 2.09. The lowest BCUT2D eigenvalue weighted by atomic mass is 10.9. The smallest absolute Gasteiger partial charge is 0.208 e. The SMILES string of the molecule is CN(C)c1nnc(SCCBr)s1. The van der Waals surface area contributed by atoms with Crippen LogP contribution in [0.5, 0.6) is 0 Å². The van der Waals surface area contributed by atoms with Crippen LogP contribution < -0.4 is 4.90 Å². The fourth-order valence-corrected chi connectivity index (χ4v) is 2.61. The van der Waals surface area contributed by atoms with Crippen molar-refractivity contribution in [2.75, 3.05) is 30.1 Å². The highest BCUT2D eigenvalue weighted by atomic mass is 79.9. The number of halogens is 1. The Labute approximate surface area is 88.7 Å². The molecule has 0 aliphatic rings. The summed E-state index contributed by atoms with van der Waals surface area (Å²) in [4.78, 5) is 1.97. The van der Waals surface area contributed by atoms with Gasteiger partial charge in [-0.2, -0.15) is 0 Å².